The zero-order valence-electron chi connectivity index (χ0n) is 16.6. The van der Waals surface area contributed by atoms with Crippen molar-refractivity contribution in [1.29, 1.82) is 0 Å². The van der Waals surface area contributed by atoms with Crippen LogP contribution in [0.5, 0.6) is 5.75 Å². The number of nitrogens with zero attached hydrogens (tertiary/aromatic N) is 3. The molecule has 0 aliphatic rings. The van der Waals surface area contributed by atoms with Crippen LogP contribution in [-0.2, 0) is 20.9 Å². The Morgan fingerprint density at radius 3 is 2.55 bits per heavy atom. The molecular formula is C20H19ClN4O5S. The number of nitrogens with two attached hydrogens (primary N) is 1. The van der Waals surface area contributed by atoms with Crippen molar-refractivity contribution < 1.29 is 22.1 Å². The van der Waals surface area contributed by atoms with Crippen molar-refractivity contribution in [1.82, 2.24) is 10.2 Å². The fraction of sp³-hybridized carbons (Fsp3) is 0.250. The Hall–Kier alpha value is -2.97. The van der Waals surface area contributed by atoms with E-state index in [4.69, 9.17) is 31.9 Å². The molecule has 3 rings (SSSR count). The normalized spacial score (nSPS) is 13.5. The van der Waals surface area contributed by atoms with Gasteiger partial charge >= 0.3 is 10.3 Å². The molecule has 0 fully saturated rings. The van der Waals surface area contributed by atoms with Gasteiger partial charge in [0.2, 0.25) is 17.5 Å². The van der Waals surface area contributed by atoms with Gasteiger partial charge in [-0.05, 0) is 55.7 Å². The van der Waals surface area contributed by atoms with E-state index in [1.54, 1.807) is 31.2 Å². The van der Waals surface area contributed by atoms with E-state index < -0.39 is 22.3 Å². The van der Waals surface area contributed by atoms with Crippen LogP contribution in [0, 0.1) is 13.5 Å². The van der Waals surface area contributed by atoms with E-state index in [2.05, 4.69) is 15.0 Å². The molecule has 0 bridgehead atoms. The summed E-state index contributed by atoms with van der Waals surface area (Å²) in [6, 6.07) is 9.51. The van der Waals surface area contributed by atoms with Crippen LogP contribution in [0.3, 0.4) is 0 Å². The largest absolute Gasteiger partial charge is 0.508 e. The second kappa shape index (κ2) is 9.03. The molecule has 31 heavy (non-hydrogen) atoms. The number of phenolic OH excluding ortho intramolecular Hbond substituents is 1. The fourth-order valence-electron chi connectivity index (χ4n) is 3.09. The summed E-state index contributed by atoms with van der Waals surface area (Å²) in [4.78, 5) is 3.37. The summed E-state index contributed by atoms with van der Waals surface area (Å²) in [6.45, 7) is 10.5. The van der Waals surface area contributed by atoms with Crippen molar-refractivity contribution in [2.75, 3.05) is 0 Å². The lowest BCUT2D eigenvalue weighted by Crippen LogP contribution is -2.28. The van der Waals surface area contributed by atoms with E-state index in [1.807, 2.05) is 0 Å². The fourth-order valence-corrected chi connectivity index (χ4v) is 3.88. The summed E-state index contributed by atoms with van der Waals surface area (Å²) in [6.07, 6.45) is -0.681. The highest BCUT2D eigenvalue weighted by Gasteiger charge is 2.30. The Labute approximate surface area is 184 Å². The third kappa shape index (κ3) is 5.39. The molecule has 2 atom stereocenters. The van der Waals surface area contributed by atoms with Crippen LogP contribution < -0.4 is 5.14 Å². The monoisotopic (exact) mass is 462 g/mol. The summed E-state index contributed by atoms with van der Waals surface area (Å²) in [5.74, 6) is -0.248. The molecule has 11 heteroatoms. The van der Waals surface area contributed by atoms with E-state index >= 15 is 0 Å². The number of phenols is 1. The van der Waals surface area contributed by atoms with Gasteiger partial charge in [-0.3, -0.25) is 4.18 Å². The van der Waals surface area contributed by atoms with Crippen LogP contribution in [-0.4, -0.2) is 29.8 Å². The lowest BCUT2D eigenvalue weighted by atomic mass is 9.92. The van der Waals surface area contributed by atoms with Gasteiger partial charge in [0.15, 0.2) is 0 Å². The first kappa shape index (κ1) is 22.7. The van der Waals surface area contributed by atoms with Crippen LogP contribution in [0.25, 0.3) is 16.3 Å². The van der Waals surface area contributed by atoms with E-state index in [9.17, 15) is 13.5 Å². The quantitative estimate of drug-likeness (QED) is 0.509. The molecule has 0 aliphatic heterocycles. The topological polar surface area (TPSA) is 133 Å². The van der Waals surface area contributed by atoms with Crippen LogP contribution in [0.1, 0.15) is 29.9 Å². The summed E-state index contributed by atoms with van der Waals surface area (Å²) in [5.41, 5.74) is 2.34. The van der Waals surface area contributed by atoms with Crippen molar-refractivity contribution >= 4 is 27.6 Å². The number of hydrogen-bond acceptors (Lipinski definition) is 7. The maximum atomic E-state index is 11.5. The van der Waals surface area contributed by atoms with Gasteiger partial charge in [-0.15, -0.1) is 10.2 Å². The average molecular weight is 463 g/mol. The van der Waals surface area contributed by atoms with Gasteiger partial charge < -0.3 is 9.52 Å². The first-order valence-electron chi connectivity index (χ1n) is 9.08. The van der Waals surface area contributed by atoms with Crippen LogP contribution in [0.2, 0.25) is 5.02 Å². The van der Waals surface area contributed by atoms with Crippen molar-refractivity contribution in [3.8, 4) is 17.2 Å². The molecule has 2 aromatic carbocycles. The van der Waals surface area contributed by atoms with Gasteiger partial charge in [0.1, 0.15) is 5.75 Å². The number of benzene rings is 2. The van der Waals surface area contributed by atoms with E-state index in [0.717, 1.165) is 5.56 Å². The van der Waals surface area contributed by atoms with Gasteiger partial charge in [-0.2, -0.15) is 8.42 Å². The molecule has 162 valence electrons. The average Bonchev–Trinajstić information content (AvgIpc) is 3.18. The minimum atomic E-state index is -4.23. The van der Waals surface area contributed by atoms with Crippen molar-refractivity contribution in [3.63, 3.8) is 0 Å². The minimum absolute atomic E-state index is 0.0896. The molecule has 0 spiro atoms. The predicted molar refractivity (Wildman–Crippen MR) is 114 cm³/mol. The molecule has 3 aromatic rings. The third-order valence-electron chi connectivity index (χ3n) is 4.76. The molecule has 3 N–H and O–H groups in total. The molecule has 0 saturated carbocycles. The summed E-state index contributed by atoms with van der Waals surface area (Å²) in [5, 5.41) is 22.9. The molecule has 1 heterocycles. The summed E-state index contributed by atoms with van der Waals surface area (Å²) < 4.78 is 33.8. The predicted octanol–water partition coefficient (Wildman–Crippen LogP) is 3.89. The molecular weight excluding hydrogens is 444 g/mol. The SMILES string of the molecule is [C-]#[N+]c1ccc(C[C@@H](c2nnc(-c3ccc(O)cc3)o2)[C@H](C)OS(N)(=O)=O)c(C)c1Cl. The van der Waals surface area contributed by atoms with Gasteiger partial charge in [-0.25, -0.2) is 9.98 Å². The van der Waals surface area contributed by atoms with Crippen LogP contribution in [0.15, 0.2) is 40.8 Å². The Kier molecular flexibility index (Phi) is 6.62. The summed E-state index contributed by atoms with van der Waals surface area (Å²) >= 11 is 6.28. The van der Waals surface area contributed by atoms with Crippen molar-refractivity contribution in [2.45, 2.75) is 32.3 Å². The van der Waals surface area contributed by atoms with E-state index in [1.165, 1.54) is 19.1 Å². The molecule has 9 nitrogen and oxygen atoms in total. The van der Waals surface area contributed by atoms with Crippen LogP contribution >= 0.6 is 11.6 Å². The second-order valence-electron chi connectivity index (χ2n) is 6.89. The van der Waals surface area contributed by atoms with Crippen molar-refractivity contribution in [3.05, 3.63) is 69.9 Å². The Morgan fingerprint density at radius 1 is 1.26 bits per heavy atom. The van der Waals surface area contributed by atoms with Crippen molar-refractivity contribution in [2.24, 2.45) is 5.14 Å². The second-order valence-corrected chi connectivity index (χ2v) is 8.45. The van der Waals surface area contributed by atoms with E-state index in [-0.39, 0.29) is 24.0 Å². The number of aromatic nitrogens is 2. The Morgan fingerprint density at radius 2 is 1.94 bits per heavy atom. The zero-order chi connectivity index (χ0) is 22.8. The first-order chi connectivity index (χ1) is 14.6. The lowest BCUT2D eigenvalue weighted by molar-refractivity contribution is 0.180. The zero-order valence-corrected chi connectivity index (χ0v) is 18.2. The van der Waals surface area contributed by atoms with Gasteiger partial charge in [-0.1, -0.05) is 23.7 Å². The van der Waals surface area contributed by atoms with Gasteiger partial charge in [0, 0.05) is 5.56 Å². The minimum Gasteiger partial charge on any atom is -0.508 e. The highest BCUT2D eigenvalue weighted by Crippen LogP contribution is 2.35. The maximum Gasteiger partial charge on any atom is 0.333 e. The summed E-state index contributed by atoms with van der Waals surface area (Å²) in [7, 11) is -4.23. The third-order valence-corrected chi connectivity index (χ3v) is 5.81. The molecule has 0 unspecified atom stereocenters. The lowest BCUT2D eigenvalue weighted by Gasteiger charge is -2.21. The molecule has 0 aliphatic carbocycles. The van der Waals surface area contributed by atoms with Gasteiger partial charge in [0.05, 0.1) is 23.6 Å². The maximum absolute atomic E-state index is 11.5. The standard InChI is InChI=1S/C20H19ClN4O5S/c1-11-14(6-9-17(23-3)18(11)21)10-16(12(2)30-31(22,27)28)20-25-24-19(29-20)13-4-7-15(26)8-5-13/h4-9,12,16,26H,10H2,1-2H3,(H2,22,27,28)/t12-,16+/m0/s1. The molecule has 1 aromatic heterocycles. The Balaban J connectivity index is 1.99. The number of aromatic hydroxyl groups is 1. The number of rotatable bonds is 7. The first-order valence-corrected chi connectivity index (χ1v) is 10.9. The van der Waals surface area contributed by atoms with E-state index in [0.29, 0.717) is 21.8 Å². The van der Waals surface area contributed by atoms with Gasteiger partial charge in [0.25, 0.3) is 0 Å². The molecule has 0 saturated heterocycles. The highest BCUT2D eigenvalue weighted by molar-refractivity contribution is 7.84. The highest BCUT2D eigenvalue weighted by atomic mass is 35.5. The molecule has 0 amide bonds. The number of halogens is 1. The smallest absolute Gasteiger partial charge is 0.333 e. The Bertz CT molecular complexity index is 1240. The van der Waals surface area contributed by atoms with Crippen LogP contribution in [0.4, 0.5) is 5.69 Å². The molecule has 0 radical (unpaired) electrons. The number of hydrogen-bond donors (Lipinski definition) is 2.